The molecule has 0 radical (unpaired) electrons. The van der Waals surface area contributed by atoms with Gasteiger partial charge < -0.3 is 10.4 Å². The molecule has 1 aromatic rings. The number of nitrogens with one attached hydrogen (secondary N) is 1. The molecule has 5 nitrogen and oxygen atoms in total. The number of hydrogen-bond acceptors (Lipinski definition) is 3. The maximum atomic E-state index is 12.2. The number of aromatic nitrogens is 2. The van der Waals surface area contributed by atoms with E-state index in [2.05, 4.69) is 10.4 Å². The van der Waals surface area contributed by atoms with Gasteiger partial charge in [0.1, 0.15) is 0 Å². The Kier molecular flexibility index (Phi) is 3.71. The van der Waals surface area contributed by atoms with Gasteiger partial charge >= 0.3 is 0 Å². The molecule has 0 spiro atoms. The quantitative estimate of drug-likeness (QED) is 0.847. The maximum absolute atomic E-state index is 12.2. The van der Waals surface area contributed by atoms with Crippen molar-refractivity contribution in [2.75, 3.05) is 6.61 Å². The molecule has 1 amide bonds. The molecule has 18 heavy (non-hydrogen) atoms. The zero-order valence-electron chi connectivity index (χ0n) is 11.1. The number of aliphatic hydroxyl groups is 1. The van der Waals surface area contributed by atoms with Crippen molar-refractivity contribution in [2.45, 2.75) is 44.6 Å². The van der Waals surface area contributed by atoms with Crippen molar-refractivity contribution in [3.05, 3.63) is 17.5 Å². The molecule has 2 rings (SSSR count). The van der Waals surface area contributed by atoms with Crippen molar-refractivity contribution in [3.63, 3.8) is 0 Å². The number of aryl methyl sites for hydroxylation is 1. The molecule has 1 saturated carbocycles. The minimum Gasteiger partial charge on any atom is -0.394 e. The van der Waals surface area contributed by atoms with Crippen LogP contribution < -0.4 is 5.32 Å². The Labute approximate surface area is 107 Å². The van der Waals surface area contributed by atoms with Crippen LogP contribution >= 0.6 is 0 Å². The van der Waals surface area contributed by atoms with Gasteiger partial charge in [0.05, 0.1) is 23.9 Å². The summed E-state index contributed by atoms with van der Waals surface area (Å²) >= 11 is 0. The van der Waals surface area contributed by atoms with Crippen molar-refractivity contribution >= 4 is 5.91 Å². The van der Waals surface area contributed by atoms with Crippen LogP contribution in [0.5, 0.6) is 0 Å². The van der Waals surface area contributed by atoms with E-state index in [0.29, 0.717) is 5.56 Å². The van der Waals surface area contributed by atoms with Crippen LogP contribution in [-0.2, 0) is 7.05 Å². The van der Waals surface area contributed by atoms with E-state index in [-0.39, 0.29) is 12.5 Å². The van der Waals surface area contributed by atoms with E-state index in [1.807, 2.05) is 14.0 Å². The number of aliphatic hydroxyl groups excluding tert-OH is 1. The third-order valence-corrected chi connectivity index (χ3v) is 3.97. The summed E-state index contributed by atoms with van der Waals surface area (Å²) in [7, 11) is 1.81. The molecule has 1 aromatic heterocycles. The van der Waals surface area contributed by atoms with E-state index >= 15 is 0 Å². The van der Waals surface area contributed by atoms with Crippen LogP contribution in [0.15, 0.2) is 6.20 Å². The predicted octanol–water partition coefficient (Wildman–Crippen LogP) is 1.15. The summed E-state index contributed by atoms with van der Waals surface area (Å²) in [4.78, 5) is 12.2. The molecule has 1 heterocycles. The fourth-order valence-electron chi connectivity index (χ4n) is 2.58. The van der Waals surface area contributed by atoms with Gasteiger partial charge in [0.2, 0.25) is 0 Å². The Morgan fingerprint density at radius 1 is 1.50 bits per heavy atom. The van der Waals surface area contributed by atoms with E-state index in [0.717, 1.165) is 31.4 Å². The van der Waals surface area contributed by atoms with Gasteiger partial charge in [-0.2, -0.15) is 5.10 Å². The van der Waals surface area contributed by atoms with E-state index < -0.39 is 5.54 Å². The second kappa shape index (κ2) is 5.10. The molecule has 1 aliphatic carbocycles. The number of carbonyl (C=O) groups excluding carboxylic acids is 1. The van der Waals surface area contributed by atoms with Crippen molar-refractivity contribution in [2.24, 2.45) is 7.05 Å². The lowest BCUT2D eigenvalue weighted by atomic mass is 9.82. The first-order valence-corrected chi connectivity index (χ1v) is 6.50. The van der Waals surface area contributed by atoms with Crippen LogP contribution in [-0.4, -0.2) is 32.9 Å². The van der Waals surface area contributed by atoms with Crippen molar-refractivity contribution in [1.29, 1.82) is 0 Å². The standard InChI is InChI=1S/C13H21N3O2/c1-10-11(8-14-16(10)2)12(18)15-13(9-17)6-4-3-5-7-13/h8,17H,3-7,9H2,1-2H3,(H,15,18). The molecule has 1 aliphatic rings. The minimum absolute atomic E-state index is 0.0120. The predicted molar refractivity (Wildman–Crippen MR) is 68.3 cm³/mol. The van der Waals surface area contributed by atoms with Crippen LogP contribution in [0.25, 0.3) is 0 Å². The second-order valence-corrected chi connectivity index (χ2v) is 5.22. The number of hydrogen-bond donors (Lipinski definition) is 2. The highest BCUT2D eigenvalue weighted by atomic mass is 16.3. The lowest BCUT2D eigenvalue weighted by Crippen LogP contribution is -2.52. The van der Waals surface area contributed by atoms with Crippen molar-refractivity contribution in [1.82, 2.24) is 15.1 Å². The summed E-state index contributed by atoms with van der Waals surface area (Å²) in [5.41, 5.74) is 1.00. The Morgan fingerprint density at radius 2 is 2.17 bits per heavy atom. The Balaban J connectivity index is 2.12. The van der Waals surface area contributed by atoms with Crippen LogP contribution in [0.4, 0.5) is 0 Å². The number of carbonyl (C=O) groups is 1. The van der Waals surface area contributed by atoms with Gasteiger partial charge in [-0.05, 0) is 19.8 Å². The van der Waals surface area contributed by atoms with Gasteiger partial charge in [-0.3, -0.25) is 9.48 Å². The van der Waals surface area contributed by atoms with E-state index in [9.17, 15) is 9.90 Å². The lowest BCUT2D eigenvalue weighted by Gasteiger charge is -2.36. The zero-order valence-corrected chi connectivity index (χ0v) is 11.1. The number of amides is 1. The van der Waals surface area contributed by atoms with Gasteiger partial charge in [0, 0.05) is 12.7 Å². The van der Waals surface area contributed by atoms with Gasteiger partial charge in [0.15, 0.2) is 0 Å². The molecular weight excluding hydrogens is 230 g/mol. The SMILES string of the molecule is Cc1c(C(=O)NC2(CO)CCCCC2)cnn1C. The Morgan fingerprint density at radius 3 is 2.67 bits per heavy atom. The molecule has 0 unspecified atom stereocenters. The highest BCUT2D eigenvalue weighted by Crippen LogP contribution is 2.28. The molecule has 5 heteroatoms. The summed E-state index contributed by atoms with van der Waals surface area (Å²) in [5, 5.41) is 16.7. The molecule has 0 bridgehead atoms. The van der Waals surface area contributed by atoms with Crippen LogP contribution in [0.2, 0.25) is 0 Å². The largest absolute Gasteiger partial charge is 0.394 e. The van der Waals surface area contributed by atoms with E-state index in [1.54, 1.807) is 10.9 Å². The Hall–Kier alpha value is -1.36. The average Bonchev–Trinajstić information content (AvgIpc) is 2.71. The molecule has 100 valence electrons. The van der Waals surface area contributed by atoms with E-state index in [1.165, 1.54) is 6.42 Å². The van der Waals surface area contributed by atoms with Crippen LogP contribution in [0.1, 0.15) is 48.2 Å². The van der Waals surface area contributed by atoms with Gasteiger partial charge in [-0.1, -0.05) is 19.3 Å². The normalized spacial score (nSPS) is 18.6. The first-order valence-electron chi connectivity index (χ1n) is 6.50. The molecule has 0 aliphatic heterocycles. The minimum atomic E-state index is -0.433. The topological polar surface area (TPSA) is 67.2 Å². The zero-order chi connectivity index (χ0) is 13.2. The molecule has 2 N–H and O–H groups in total. The van der Waals surface area contributed by atoms with E-state index in [4.69, 9.17) is 0 Å². The second-order valence-electron chi connectivity index (χ2n) is 5.22. The smallest absolute Gasteiger partial charge is 0.255 e. The third-order valence-electron chi connectivity index (χ3n) is 3.97. The fourth-order valence-corrected chi connectivity index (χ4v) is 2.58. The van der Waals surface area contributed by atoms with Gasteiger partial charge in [-0.25, -0.2) is 0 Å². The molecule has 0 atom stereocenters. The summed E-state index contributed by atoms with van der Waals surface area (Å²) in [6.45, 7) is 1.88. The number of rotatable bonds is 3. The first kappa shape index (κ1) is 13.1. The Bertz CT molecular complexity index is 433. The number of nitrogens with zero attached hydrogens (tertiary/aromatic N) is 2. The molecule has 0 saturated heterocycles. The highest BCUT2D eigenvalue weighted by Gasteiger charge is 2.33. The highest BCUT2D eigenvalue weighted by molar-refractivity contribution is 5.95. The van der Waals surface area contributed by atoms with Crippen LogP contribution in [0, 0.1) is 6.92 Å². The molecular formula is C13H21N3O2. The maximum Gasteiger partial charge on any atom is 0.255 e. The van der Waals surface area contributed by atoms with Gasteiger partial charge in [0.25, 0.3) is 5.91 Å². The summed E-state index contributed by atoms with van der Waals surface area (Å²) in [6, 6.07) is 0. The average molecular weight is 251 g/mol. The van der Waals surface area contributed by atoms with Crippen LogP contribution in [0.3, 0.4) is 0 Å². The van der Waals surface area contributed by atoms with Crippen molar-refractivity contribution in [3.8, 4) is 0 Å². The van der Waals surface area contributed by atoms with Gasteiger partial charge in [-0.15, -0.1) is 0 Å². The summed E-state index contributed by atoms with van der Waals surface area (Å²) in [6.07, 6.45) is 6.60. The fraction of sp³-hybridized carbons (Fsp3) is 0.692. The lowest BCUT2D eigenvalue weighted by molar-refractivity contribution is 0.0758. The summed E-state index contributed by atoms with van der Waals surface area (Å²) in [5.74, 6) is -0.128. The monoisotopic (exact) mass is 251 g/mol. The summed E-state index contributed by atoms with van der Waals surface area (Å²) < 4.78 is 1.68. The first-order chi connectivity index (χ1) is 8.58. The molecule has 0 aromatic carbocycles. The third kappa shape index (κ3) is 2.41. The molecule has 1 fully saturated rings. The van der Waals surface area contributed by atoms with Crippen molar-refractivity contribution < 1.29 is 9.90 Å².